The van der Waals surface area contributed by atoms with E-state index in [0.29, 0.717) is 12.8 Å². The number of para-hydroxylation sites is 1. The van der Waals surface area contributed by atoms with E-state index in [1.165, 1.54) is 0 Å². The van der Waals surface area contributed by atoms with Crippen molar-refractivity contribution in [3.8, 4) is 5.75 Å². The summed E-state index contributed by atoms with van der Waals surface area (Å²) in [4.78, 5) is 37.1. The average molecular weight is 476 g/mol. The van der Waals surface area contributed by atoms with Crippen LogP contribution in [0.5, 0.6) is 5.75 Å². The van der Waals surface area contributed by atoms with E-state index in [0.717, 1.165) is 16.9 Å². The maximum Gasteiger partial charge on any atom is 0.232 e. The van der Waals surface area contributed by atoms with Gasteiger partial charge >= 0.3 is 0 Å². The molecule has 8 heteroatoms. The Hall–Kier alpha value is -3.42. The van der Waals surface area contributed by atoms with E-state index in [1.807, 2.05) is 64.1 Å². The van der Waals surface area contributed by atoms with Gasteiger partial charge in [-0.25, -0.2) is 4.99 Å². The summed E-state index contributed by atoms with van der Waals surface area (Å²) in [5, 5.41) is 3.27. The average Bonchev–Trinajstić information content (AvgIpc) is 3.56. The minimum absolute atomic E-state index is 0.0123. The van der Waals surface area contributed by atoms with Crippen LogP contribution >= 0.6 is 0 Å². The second kappa shape index (κ2) is 8.36. The number of hydrogen-bond donors (Lipinski definition) is 2. The van der Waals surface area contributed by atoms with Crippen molar-refractivity contribution in [1.29, 1.82) is 0 Å². The van der Waals surface area contributed by atoms with Gasteiger partial charge in [0.2, 0.25) is 11.8 Å². The lowest BCUT2D eigenvalue weighted by atomic mass is 9.89. The first-order valence-corrected chi connectivity index (χ1v) is 12.2. The SMILES string of the molecule is CC1(C)CC(=O)N([C@H](c2cccnc2)[C@H]2CC2C(=O)N[C@H]2CC(C)(C)Oc3ccccc32)C(N)=N1. The van der Waals surface area contributed by atoms with Crippen molar-refractivity contribution in [3.05, 3.63) is 59.9 Å². The molecule has 1 saturated carbocycles. The van der Waals surface area contributed by atoms with Crippen LogP contribution in [0.1, 0.15) is 70.2 Å². The van der Waals surface area contributed by atoms with Gasteiger partial charge in [-0.15, -0.1) is 0 Å². The molecule has 1 fully saturated rings. The Morgan fingerprint density at radius 2 is 1.97 bits per heavy atom. The zero-order valence-electron chi connectivity index (χ0n) is 20.7. The highest BCUT2D eigenvalue weighted by Gasteiger charge is 2.53. The Kier molecular flexibility index (Phi) is 5.57. The molecular weight excluding hydrogens is 442 g/mol. The summed E-state index contributed by atoms with van der Waals surface area (Å²) in [6.45, 7) is 7.86. The summed E-state index contributed by atoms with van der Waals surface area (Å²) in [5.74, 6) is 0.616. The molecule has 1 aromatic heterocycles. The molecule has 184 valence electrons. The second-order valence-corrected chi connectivity index (χ2v) is 11.1. The van der Waals surface area contributed by atoms with Crippen LogP contribution in [0.25, 0.3) is 0 Å². The standard InChI is InChI=1S/C27H33N5O3/c1-26(2)14-22(33)32(25(28)31-26)23(16-8-7-11-29-15-16)18-12-19(18)24(34)30-20-13-27(3,4)35-21-10-6-5-9-17(20)21/h5-11,15,18-20,23H,12-14H2,1-4H3,(H2,28,31)(H,30,34)/t18-,19?,20-,23+/m0/s1. The molecule has 3 N–H and O–H groups in total. The molecule has 0 spiro atoms. The molecule has 4 atom stereocenters. The van der Waals surface area contributed by atoms with Gasteiger partial charge in [0.1, 0.15) is 11.4 Å². The summed E-state index contributed by atoms with van der Waals surface area (Å²) in [7, 11) is 0. The van der Waals surface area contributed by atoms with Gasteiger partial charge in [-0.1, -0.05) is 24.3 Å². The van der Waals surface area contributed by atoms with E-state index < -0.39 is 5.54 Å². The number of fused-ring (bicyclic) bond motifs is 1. The third kappa shape index (κ3) is 4.61. The van der Waals surface area contributed by atoms with E-state index >= 15 is 0 Å². The number of hydrogen-bond acceptors (Lipinski definition) is 6. The van der Waals surface area contributed by atoms with Crippen LogP contribution in [-0.4, -0.2) is 38.8 Å². The molecule has 1 unspecified atom stereocenters. The number of aromatic nitrogens is 1. The van der Waals surface area contributed by atoms with Crippen molar-refractivity contribution in [2.24, 2.45) is 22.6 Å². The summed E-state index contributed by atoms with van der Waals surface area (Å²) < 4.78 is 6.11. The van der Waals surface area contributed by atoms with Crippen molar-refractivity contribution < 1.29 is 14.3 Å². The van der Waals surface area contributed by atoms with Gasteiger partial charge in [-0.3, -0.25) is 19.5 Å². The lowest BCUT2D eigenvalue weighted by Crippen LogP contribution is -2.52. The molecule has 5 rings (SSSR count). The number of pyridine rings is 1. The quantitative estimate of drug-likeness (QED) is 0.688. The van der Waals surface area contributed by atoms with Crippen molar-refractivity contribution in [3.63, 3.8) is 0 Å². The minimum atomic E-state index is -0.541. The van der Waals surface area contributed by atoms with Gasteiger partial charge in [0.15, 0.2) is 5.96 Å². The fourth-order valence-corrected chi connectivity index (χ4v) is 5.50. The largest absolute Gasteiger partial charge is 0.487 e. The van der Waals surface area contributed by atoms with Crippen molar-refractivity contribution in [2.75, 3.05) is 0 Å². The Morgan fingerprint density at radius 1 is 1.20 bits per heavy atom. The molecule has 2 amide bonds. The number of guanidine groups is 1. The molecule has 0 saturated heterocycles. The van der Waals surface area contributed by atoms with Gasteiger partial charge in [0.05, 0.1) is 24.0 Å². The van der Waals surface area contributed by atoms with Crippen LogP contribution in [0.3, 0.4) is 0 Å². The number of ether oxygens (including phenoxy) is 1. The Labute approximate surface area is 206 Å². The molecule has 0 bridgehead atoms. The first kappa shape index (κ1) is 23.3. The number of aliphatic imine (C=N–C) groups is 1. The Morgan fingerprint density at radius 3 is 2.69 bits per heavy atom. The van der Waals surface area contributed by atoms with Crippen LogP contribution in [0, 0.1) is 11.8 Å². The highest BCUT2D eigenvalue weighted by molar-refractivity contribution is 5.99. The lowest BCUT2D eigenvalue weighted by Gasteiger charge is -2.38. The molecular formula is C27H33N5O3. The predicted molar refractivity (Wildman–Crippen MR) is 132 cm³/mol. The maximum absolute atomic E-state index is 13.5. The first-order valence-electron chi connectivity index (χ1n) is 12.2. The summed E-state index contributed by atoms with van der Waals surface area (Å²) >= 11 is 0. The number of nitrogens with two attached hydrogens (primary N) is 1. The van der Waals surface area contributed by atoms with E-state index in [9.17, 15) is 9.59 Å². The summed E-state index contributed by atoms with van der Waals surface area (Å²) in [6, 6.07) is 11.1. The first-order chi connectivity index (χ1) is 16.5. The number of amides is 2. The van der Waals surface area contributed by atoms with Crippen LogP contribution in [0.15, 0.2) is 53.8 Å². The zero-order valence-corrected chi connectivity index (χ0v) is 20.7. The van der Waals surface area contributed by atoms with E-state index in [2.05, 4.69) is 15.3 Å². The van der Waals surface area contributed by atoms with E-state index in [1.54, 1.807) is 17.3 Å². The maximum atomic E-state index is 13.5. The monoisotopic (exact) mass is 475 g/mol. The topological polar surface area (TPSA) is 110 Å². The number of nitrogens with one attached hydrogen (secondary N) is 1. The van der Waals surface area contributed by atoms with Gasteiger partial charge < -0.3 is 15.8 Å². The van der Waals surface area contributed by atoms with Crippen molar-refractivity contribution >= 4 is 17.8 Å². The van der Waals surface area contributed by atoms with Crippen molar-refractivity contribution in [2.45, 2.75) is 70.2 Å². The molecule has 2 aliphatic heterocycles. The smallest absolute Gasteiger partial charge is 0.232 e. The third-order valence-electron chi connectivity index (χ3n) is 7.10. The van der Waals surface area contributed by atoms with Crippen LogP contribution in [0.4, 0.5) is 0 Å². The molecule has 3 heterocycles. The summed E-state index contributed by atoms with van der Waals surface area (Å²) in [6.07, 6.45) is 5.05. The molecule has 2 aromatic rings. The Balaban J connectivity index is 1.39. The number of carbonyl (C=O) groups excluding carboxylic acids is 2. The van der Waals surface area contributed by atoms with Gasteiger partial charge in [-0.05, 0) is 57.7 Å². The van der Waals surface area contributed by atoms with Gasteiger partial charge in [-0.2, -0.15) is 0 Å². The molecule has 3 aliphatic rings. The predicted octanol–water partition coefficient (Wildman–Crippen LogP) is 3.50. The Bertz CT molecular complexity index is 1180. The zero-order chi connectivity index (χ0) is 25.0. The fourth-order valence-electron chi connectivity index (χ4n) is 5.50. The van der Waals surface area contributed by atoms with Crippen LogP contribution < -0.4 is 15.8 Å². The van der Waals surface area contributed by atoms with Crippen LogP contribution in [0.2, 0.25) is 0 Å². The lowest BCUT2D eigenvalue weighted by molar-refractivity contribution is -0.132. The number of carbonyl (C=O) groups is 2. The van der Waals surface area contributed by atoms with E-state index in [-0.39, 0.29) is 53.7 Å². The minimum Gasteiger partial charge on any atom is -0.487 e. The highest BCUT2D eigenvalue weighted by Crippen LogP contribution is 2.51. The summed E-state index contributed by atoms with van der Waals surface area (Å²) in [5.41, 5.74) is 7.25. The molecule has 1 aliphatic carbocycles. The van der Waals surface area contributed by atoms with E-state index in [4.69, 9.17) is 10.5 Å². The van der Waals surface area contributed by atoms with Gasteiger partial charge in [0.25, 0.3) is 0 Å². The number of rotatable bonds is 5. The normalized spacial score (nSPS) is 27.2. The highest BCUT2D eigenvalue weighted by atomic mass is 16.5. The molecule has 0 radical (unpaired) electrons. The number of benzene rings is 1. The second-order valence-electron chi connectivity index (χ2n) is 11.1. The molecule has 8 nitrogen and oxygen atoms in total. The van der Waals surface area contributed by atoms with Crippen molar-refractivity contribution in [1.82, 2.24) is 15.2 Å². The third-order valence-corrected chi connectivity index (χ3v) is 7.10. The van der Waals surface area contributed by atoms with Gasteiger partial charge in [0, 0.05) is 30.3 Å². The van der Waals surface area contributed by atoms with Crippen LogP contribution in [-0.2, 0) is 9.59 Å². The fraction of sp³-hybridized carbons (Fsp3) is 0.481. The number of nitrogens with zero attached hydrogens (tertiary/aromatic N) is 3. The molecule has 35 heavy (non-hydrogen) atoms. The molecule has 1 aromatic carbocycles.